The number of halogens is 3. The largest absolute Gasteiger partial charge is 0.417 e. The number of anilines is 1. The number of rotatable bonds is 5. The van der Waals surface area contributed by atoms with Crippen LogP contribution in [0, 0.1) is 18.8 Å². The van der Waals surface area contributed by atoms with Crippen LogP contribution in [0.25, 0.3) is 10.9 Å². The number of hydrogen-bond donors (Lipinski definition) is 1. The average molecular weight is 440 g/mol. The van der Waals surface area contributed by atoms with E-state index in [0.29, 0.717) is 34.4 Å². The Balaban J connectivity index is 1.43. The quantitative estimate of drug-likeness (QED) is 0.607. The SMILES string of the molecule is Cc1cc2cc(C(=O)N(Cc3ccc(C(F)(F)F)cn3)[C@@H]3C[C@@H]3C3CC3)ccc2nc1N. The van der Waals surface area contributed by atoms with Crippen molar-refractivity contribution in [3.8, 4) is 0 Å². The minimum Gasteiger partial charge on any atom is -0.383 e. The topological polar surface area (TPSA) is 72.1 Å². The summed E-state index contributed by atoms with van der Waals surface area (Å²) in [7, 11) is 0. The molecular formula is C24H23F3N4O. The Morgan fingerprint density at radius 1 is 1.19 bits per heavy atom. The highest BCUT2D eigenvalue weighted by atomic mass is 19.4. The molecule has 1 aromatic carbocycles. The van der Waals surface area contributed by atoms with Gasteiger partial charge in [-0.2, -0.15) is 13.2 Å². The molecule has 1 amide bonds. The van der Waals surface area contributed by atoms with Gasteiger partial charge >= 0.3 is 6.18 Å². The zero-order chi connectivity index (χ0) is 22.6. The molecule has 0 radical (unpaired) electrons. The number of amides is 1. The van der Waals surface area contributed by atoms with Crippen molar-refractivity contribution in [2.24, 2.45) is 11.8 Å². The molecule has 5 rings (SSSR count). The Morgan fingerprint density at radius 3 is 2.62 bits per heavy atom. The molecule has 3 aromatic rings. The standard InChI is InChI=1S/C24H23F3N4O/c1-13-8-16-9-15(4-7-20(16)30-22(13)28)23(32)31(21-10-19(21)14-2-3-14)12-18-6-5-17(11-29-18)24(25,26)27/h4-9,11,14,19,21H,2-3,10,12H2,1H3,(H2,28,30)/t19-,21-/m1/s1. The van der Waals surface area contributed by atoms with Crippen molar-refractivity contribution in [1.29, 1.82) is 0 Å². The zero-order valence-corrected chi connectivity index (χ0v) is 17.6. The number of hydrogen-bond acceptors (Lipinski definition) is 4. The first-order valence-electron chi connectivity index (χ1n) is 10.7. The van der Waals surface area contributed by atoms with Gasteiger partial charge in [-0.1, -0.05) is 0 Å². The van der Waals surface area contributed by atoms with Crippen molar-refractivity contribution < 1.29 is 18.0 Å². The number of nitrogens with zero attached hydrogens (tertiary/aromatic N) is 3. The second-order valence-corrected chi connectivity index (χ2v) is 8.87. The molecule has 32 heavy (non-hydrogen) atoms. The van der Waals surface area contributed by atoms with Crippen LogP contribution in [0.2, 0.25) is 0 Å². The first-order valence-corrected chi connectivity index (χ1v) is 10.7. The number of fused-ring (bicyclic) bond motifs is 1. The number of aryl methyl sites for hydroxylation is 1. The van der Waals surface area contributed by atoms with Crippen LogP contribution in [-0.2, 0) is 12.7 Å². The van der Waals surface area contributed by atoms with Gasteiger partial charge in [0, 0.05) is 23.2 Å². The average Bonchev–Trinajstić information content (AvgIpc) is 3.65. The fourth-order valence-corrected chi connectivity index (χ4v) is 4.39. The predicted molar refractivity (Wildman–Crippen MR) is 115 cm³/mol. The summed E-state index contributed by atoms with van der Waals surface area (Å²) in [6.45, 7) is 2.05. The van der Waals surface area contributed by atoms with E-state index in [1.807, 2.05) is 13.0 Å². The van der Waals surface area contributed by atoms with Crippen LogP contribution >= 0.6 is 0 Å². The van der Waals surface area contributed by atoms with Crippen LogP contribution in [0.4, 0.5) is 19.0 Å². The first kappa shape index (κ1) is 20.7. The number of benzene rings is 1. The van der Waals surface area contributed by atoms with E-state index in [0.717, 1.165) is 29.6 Å². The van der Waals surface area contributed by atoms with Crippen LogP contribution < -0.4 is 5.73 Å². The van der Waals surface area contributed by atoms with Gasteiger partial charge in [-0.05, 0) is 80.0 Å². The van der Waals surface area contributed by atoms with Gasteiger partial charge in [-0.15, -0.1) is 0 Å². The van der Waals surface area contributed by atoms with E-state index in [-0.39, 0.29) is 18.5 Å². The van der Waals surface area contributed by atoms with Gasteiger partial charge in [0.1, 0.15) is 5.82 Å². The number of nitrogens with two attached hydrogens (primary N) is 1. The lowest BCUT2D eigenvalue weighted by atomic mass is 10.1. The minimum absolute atomic E-state index is 0.0982. The van der Waals surface area contributed by atoms with Crippen LogP contribution in [0.15, 0.2) is 42.6 Å². The molecule has 8 heteroatoms. The highest BCUT2D eigenvalue weighted by molar-refractivity contribution is 5.98. The fourth-order valence-electron chi connectivity index (χ4n) is 4.39. The molecule has 2 heterocycles. The molecule has 2 saturated carbocycles. The Morgan fingerprint density at radius 2 is 1.97 bits per heavy atom. The lowest BCUT2D eigenvalue weighted by Crippen LogP contribution is -2.34. The van der Waals surface area contributed by atoms with Crippen LogP contribution in [-0.4, -0.2) is 26.8 Å². The van der Waals surface area contributed by atoms with Crippen molar-refractivity contribution in [1.82, 2.24) is 14.9 Å². The molecule has 2 aliphatic rings. The van der Waals surface area contributed by atoms with E-state index >= 15 is 0 Å². The Kier molecular flexibility index (Phi) is 4.83. The molecular weight excluding hydrogens is 417 g/mol. The minimum atomic E-state index is -4.44. The monoisotopic (exact) mass is 440 g/mol. The molecule has 2 fully saturated rings. The number of carbonyl (C=O) groups is 1. The van der Waals surface area contributed by atoms with Crippen LogP contribution in [0.1, 0.15) is 46.4 Å². The molecule has 166 valence electrons. The van der Waals surface area contributed by atoms with Crippen LogP contribution in [0.5, 0.6) is 0 Å². The van der Waals surface area contributed by atoms with Gasteiger partial charge in [-0.3, -0.25) is 9.78 Å². The van der Waals surface area contributed by atoms with Gasteiger partial charge in [0.05, 0.1) is 23.3 Å². The van der Waals surface area contributed by atoms with E-state index in [1.54, 1.807) is 23.1 Å². The highest BCUT2D eigenvalue weighted by Crippen LogP contribution is 2.52. The number of nitrogen functional groups attached to an aromatic ring is 1. The van der Waals surface area contributed by atoms with Crippen molar-refractivity contribution in [2.45, 2.75) is 44.9 Å². The summed E-state index contributed by atoms with van der Waals surface area (Å²) < 4.78 is 38.6. The van der Waals surface area contributed by atoms with E-state index in [2.05, 4.69) is 9.97 Å². The molecule has 2 aromatic heterocycles. The molecule has 2 atom stereocenters. The molecule has 0 bridgehead atoms. The van der Waals surface area contributed by atoms with Crippen molar-refractivity contribution in [3.63, 3.8) is 0 Å². The van der Waals surface area contributed by atoms with Crippen LogP contribution in [0.3, 0.4) is 0 Å². The molecule has 2 N–H and O–H groups in total. The highest BCUT2D eigenvalue weighted by Gasteiger charge is 2.51. The third-order valence-corrected chi connectivity index (χ3v) is 6.47. The first-order chi connectivity index (χ1) is 15.2. The summed E-state index contributed by atoms with van der Waals surface area (Å²) in [5, 5.41) is 0.824. The molecule has 0 spiro atoms. The number of carbonyl (C=O) groups excluding carboxylic acids is 1. The normalized spacial score (nSPS) is 20.4. The third-order valence-electron chi connectivity index (χ3n) is 6.47. The maximum Gasteiger partial charge on any atom is 0.417 e. The van der Waals surface area contributed by atoms with Gasteiger partial charge < -0.3 is 10.6 Å². The summed E-state index contributed by atoms with van der Waals surface area (Å²) in [6.07, 6.45) is -0.302. The van der Waals surface area contributed by atoms with Gasteiger partial charge in [0.25, 0.3) is 5.91 Å². The van der Waals surface area contributed by atoms with Crippen molar-refractivity contribution in [3.05, 3.63) is 65.0 Å². The number of alkyl halides is 3. The summed E-state index contributed by atoms with van der Waals surface area (Å²) in [4.78, 5) is 23.6. The maximum atomic E-state index is 13.5. The maximum absolute atomic E-state index is 13.5. The smallest absolute Gasteiger partial charge is 0.383 e. The Bertz CT molecular complexity index is 1190. The number of pyridine rings is 2. The van der Waals surface area contributed by atoms with Crippen molar-refractivity contribution in [2.75, 3.05) is 5.73 Å². The number of aromatic nitrogens is 2. The summed E-state index contributed by atoms with van der Waals surface area (Å²) in [5.41, 5.74) is 7.61. The third kappa shape index (κ3) is 4.01. The Labute approximate surface area is 183 Å². The second kappa shape index (κ2) is 7.46. The van der Waals surface area contributed by atoms with Crippen molar-refractivity contribution >= 4 is 22.6 Å². The Hall–Kier alpha value is -3.16. The molecule has 5 nitrogen and oxygen atoms in total. The molecule has 0 unspecified atom stereocenters. The van der Waals surface area contributed by atoms with Gasteiger partial charge in [-0.25, -0.2) is 4.98 Å². The molecule has 0 aliphatic heterocycles. The lowest BCUT2D eigenvalue weighted by Gasteiger charge is -2.23. The summed E-state index contributed by atoms with van der Waals surface area (Å²) in [5.74, 6) is 1.44. The lowest BCUT2D eigenvalue weighted by molar-refractivity contribution is -0.137. The fraction of sp³-hybridized carbons (Fsp3) is 0.375. The summed E-state index contributed by atoms with van der Waals surface area (Å²) >= 11 is 0. The predicted octanol–water partition coefficient (Wildman–Crippen LogP) is 4.98. The van der Waals surface area contributed by atoms with E-state index in [1.165, 1.54) is 18.9 Å². The molecule has 2 aliphatic carbocycles. The van der Waals surface area contributed by atoms with Gasteiger partial charge in [0.2, 0.25) is 0 Å². The van der Waals surface area contributed by atoms with E-state index in [4.69, 9.17) is 5.73 Å². The molecule has 0 saturated heterocycles. The summed E-state index contributed by atoms with van der Waals surface area (Å²) in [6, 6.07) is 9.69. The van der Waals surface area contributed by atoms with Gasteiger partial charge in [0.15, 0.2) is 0 Å². The second-order valence-electron chi connectivity index (χ2n) is 8.87. The van der Waals surface area contributed by atoms with E-state index < -0.39 is 11.7 Å². The van der Waals surface area contributed by atoms with E-state index in [9.17, 15) is 18.0 Å². The zero-order valence-electron chi connectivity index (χ0n) is 17.6.